The van der Waals surface area contributed by atoms with Crippen molar-refractivity contribution < 1.29 is 9.90 Å². The third kappa shape index (κ3) is 3.32. The number of rotatable bonds is 4. The monoisotopic (exact) mass is 296 g/mol. The summed E-state index contributed by atoms with van der Waals surface area (Å²) in [6.45, 7) is 4.57. The van der Waals surface area contributed by atoms with Gasteiger partial charge in [0.25, 0.3) is 0 Å². The van der Waals surface area contributed by atoms with Crippen molar-refractivity contribution >= 4 is 17.6 Å². The molecule has 110 valence electrons. The first-order valence-electron chi connectivity index (χ1n) is 6.95. The van der Waals surface area contributed by atoms with Gasteiger partial charge in [-0.1, -0.05) is 30.7 Å². The highest BCUT2D eigenvalue weighted by atomic mass is 35.5. The van der Waals surface area contributed by atoms with Crippen LogP contribution >= 0.6 is 11.6 Å². The van der Waals surface area contributed by atoms with Crippen LogP contribution in [-0.4, -0.2) is 53.6 Å². The Balaban J connectivity index is 2.23. The van der Waals surface area contributed by atoms with Crippen molar-refractivity contribution in [2.75, 3.05) is 26.7 Å². The van der Waals surface area contributed by atoms with Crippen LogP contribution in [0.1, 0.15) is 24.9 Å². The van der Waals surface area contributed by atoms with E-state index in [2.05, 4.69) is 18.9 Å². The highest BCUT2D eigenvalue weighted by molar-refractivity contribution is 6.30. The van der Waals surface area contributed by atoms with E-state index < -0.39 is 12.0 Å². The van der Waals surface area contributed by atoms with E-state index in [4.69, 9.17) is 11.6 Å². The summed E-state index contributed by atoms with van der Waals surface area (Å²) in [6.07, 6.45) is 1.02. The number of carboxylic acids is 1. The van der Waals surface area contributed by atoms with Gasteiger partial charge in [0.15, 0.2) is 0 Å². The van der Waals surface area contributed by atoms with E-state index in [1.807, 2.05) is 11.0 Å². The first-order valence-corrected chi connectivity index (χ1v) is 7.33. The largest absolute Gasteiger partial charge is 0.480 e. The lowest BCUT2D eigenvalue weighted by atomic mass is 10.0. The highest BCUT2D eigenvalue weighted by Gasteiger charge is 2.33. The van der Waals surface area contributed by atoms with Crippen LogP contribution in [-0.2, 0) is 4.79 Å². The van der Waals surface area contributed by atoms with Crippen molar-refractivity contribution in [3.63, 3.8) is 0 Å². The Bertz CT molecular complexity index is 481. The second kappa shape index (κ2) is 6.57. The van der Waals surface area contributed by atoms with E-state index >= 15 is 0 Å². The van der Waals surface area contributed by atoms with Crippen LogP contribution in [0.3, 0.4) is 0 Å². The van der Waals surface area contributed by atoms with E-state index in [-0.39, 0.29) is 0 Å². The van der Waals surface area contributed by atoms with Gasteiger partial charge in [-0.15, -0.1) is 0 Å². The molecule has 5 heteroatoms. The minimum absolute atomic E-state index is 0.407. The number of likely N-dealkylation sites (N-methyl/N-ethyl adjacent to an activating group) is 1. The number of carboxylic acid groups (broad SMARTS) is 1. The number of halogens is 1. The molecule has 0 radical (unpaired) electrons. The molecule has 0 aromatic heterocycles. The maximum atomic E-state index is 11.7. The van der Waals surface area contributed by atoms with Crippen LogP contribution < -0.4 is 0 Å². The summed E-state index contributed by atoms with van der Waals surface area (Å²) in [5.41, 5.74) is 0.754. The van der Waals surface area contributed by atoms with Gasteiger partial charge < -0.3 is 10.0 Å². The molecule has 0 aliphatic carbocycles. The molecule has 2 rings (SSSR count). The lowest BCUT2D eigenvalue weighted by Gasteiger charge is -2.41. The second-order valence-corrected chi connectivity index (χ2v) is 5.77. The zero-order chi connectivity index (χ0) is 14.7. The number of carbonyl (C=O) groups is 1. The van der Waals surface area contributed by atoms with Gasteiger partial charge in [0.05, 0.1) is 0 Å². The normalized spacial score (nSPS) is 22.6. The van der Waals surface area contributed by atoms with Crippen LogP contribution in [0, 0.1) is 0 Å². The fourth-order valence-electron chi connectivity index (χ4n) is 2.83. The highest BCUT2D eigenvalue weighted by Crippen LogP contribution is 2.26. The quantitative estimate of drug-likeness (QED) is 0.927. The van der Waals surface area contributed by atoms with E-state index in [1.54, 1.807) is 18.2 Å². The summed E-state index contributed by atoms with van der Waals surface area (Å²) in [4.78, 5) is 16.0. The smallest absolute Gasteiger partial charge is 0.325 e. The van der Waals surface area contributed by atoms with E-state index in [0.29, 0.717) is 11.1 Å². The Kier molecular flexibility index (Phi) is 5.02. The summed E-state index contributed by atoms with van der Waals surface area (Å²) in [5, 5.41) is 10.2. The third-order valence-corrected chi connectivity index (χ3v) is 4.28. The van der Waals surface area contributed by atoms with E-state index in [0.717, 1.165) is 31.6 Å². The van der Waals surface area contributed by atoms with Gasteiger partial charge in [0, 0.05) is 30.7 Å². The van der Waals surface area contributed by atoms with Gasteiger partial charge >= 0.3 is 5.97 Å². The predicted octanol–water partition coefficient (Wildman–Crippen LogP) is 2.49. The van der Waals surface area contributed by atoms with Crippen LogP contribution in [0.2, 0.25) is 5.02 Å². The summed E-state index contributed by atoms with van der Waals surface area (Å²) in [5.74, 6) is -0.813. The molecule has 1 fully saturated rings. The lowest BCUT2D eigenvalue weighted by Crippen LogP contribution is -2.53. The van der Waals surface area contributed by atoms with Gasteiger partial charge in [-0.2, -0.15) is 0 Å². The zero-order valence-electron chi connectivity index (χ0n) is 11.9. The molecule has 0 bridgehead atoms. The number of hydrogen-bond acceptors (Lipinski definition) is 3. The Morgan fingerprint density at radius 1 is 1.50 bits per heavy atom. The molecule has 20 heavy (non-hydrogen) atoms. The fourth-order valence-corrected chi connectivity index (χ4v) is 3.03. The molecule has 1 aromatic rings. The molecule has 1 saturated heterocycles. The molecular formula is C15H21ClN2O2. The topological polar surface area (TPSA) is 43.8 Å². The summed E-state index contributed by atoms with van der Waals surface area (Å²) >= 11 is 5.99. The Hall–Kier alpha value is -1.10. The van der Waals surface area contributed by atoms with Gasteiger partial charge in [-0.3, -0.25) is 9.69 Å². The average Bonchev–Trinajstić information content (AvgIpc) is 2.40. The molecule has 2 unspecified atom stereocenters. The minimum atomic E-state index is -0.813. The summed E-state index contributed by atoms with van der Waals surface area (Å²) < 4.78 is 0. The number of nitrogens with zero attached hydrogens (tertiary/aromatic N) is 2. The van der Waals surface area contributed by atoms with Crippen LogP contribution in [0.15, 0.2) is 24.3 Å². The Labute approximate surface area is 124 Å². The molecule has 1 N–H and O–H groups in total. The molecule has 0 spiro atoms. The molecule has 1 aliphatic rings. The molecule has 0 saturated carbocycles. The van der Waals surface area contributed by atoms with Gasteiger partial charge in [0.1, 0.15) is 6.04 Å². The standard InChI is InChI=1S/C15H21ClN2O2/c1-3-13-10-18(8-7-17(13)2)14(15(19)20)11-5-4-6-12(16)9-11/h4-6,9,13-14H,3,7-8,10H2,1-2H3,(H,19,20). The molecule has 0 amide bonds. The maximum Gasteiger partial charge on any atom is 0.325 e. The Morgan fingerprint density at radius 3 is 2.85 bits per heavy atom. The second-order valence-electron chi connectivity index (χ2n) is 5.33. The number of hydrogen-bond donors (Lipinski definition) is 1. The van der Waals surface area contributed by atoms with Crippen molar-refractivity contribution in [3.8, 4) is 0 Å². The van der Waals surface area contributed by atoms with Crippen molar-refractivity contribution in [1.29, 1.82) is 0 Å². The summed E-state index contributed by atoms with van der Waals surface area (Å²) in [6, 6.07) is 6.95. The molecule has 1 aromatic carbocycles. The molecular weight excluding hydrogens is 276 g/mol. The van der Waals surface area contributed by atoms with Crippen molar-refractivity contribution in [2.45, 2.75) is 25.4 Å². The minimum Gasteiger partial charge on any atom is -0.480 e. The van der Waals surface area contributed by atoms with Crippen molar-refractivity contribution in [2.24, 2.45) is 0 Å². The molecule has 1 aliphatic heterocycles. The molecule has 4 nitrogen and oxygen atoms in total. The van der Waals surface area contributed by atoms with Gasteiger partial charge in [0.2, 0.25) is 0 Å². The maximum absolute atomic E-state index is 11.7. The average molecular weight is 297 g/mol. The number of aliphatic carboxylic acids is 1. The zero-order valence-corrected chi connectivity index (χ0v) is 12.7. The van der Waals surface area contributed by atoms with E-state index in [1.165, 1.54) is 0 Å². The fraction of sp³-hybridized carbons (Fsp3) is 0.533. The summed E-state index contributed by atoms with van der Waals surface area (Å²) in [7, 11) is 2.10. The number of benzene rings is 1. The van der Waals surface area contributed by atoms with Crippen LogP contribution in [0.25, 0.3) is 0 Å². The number of piperazine rings is 1. The SMILES string of the molecule is CCC1CN(C(C(=O)O)c2cccc(Cl)c2)CCN1C. The van der Waals surface area contributed by atoms with Crippen molar-refractivity contribution in [3.05, 3.63) is 34.9 Å². The van der Waals surface area contributed by atoms with E-state index in [9.17, 15) is 9.90 Å². The predicted molar refractivity (Wildman–Crippen MR) is 80.1 cm³/mol. The first-order chi connectivity index (χ1) is 9.52. The van der Waals surface area contributed by atoms with Gasteiger partial charge in [-0.05, 0) is 31.2 Å². The lowest BCUT2D eigenvalue weighted by molar-refractivity contribution is -0.144. The first kappa shape index (κ1) is 15.3. The van der Waals surface area contributed by atoms with Crippen LogP contribution in [0.5, 0.6) is 0 Å². The third-order valence-electron chi connectivity index (χ3n) is 4.04. The van der Waals surface area contributed by atoms with Gasteiger partial charge in [-0.25, -0.2) is 0 Å². The van der Waals surface area contributed by atoms with Crippen LogP contribution in [0.4, 0.5) is 0 Å². The Morgan fingerprint density at radius 2 is 2.25 bits per heavy atom. The molecule has 2 atom stereocenters. The van der Waals surface area contributed by atoms with Crippen molar-refractivity contribution in [1.82, 2.24) is 9.80 Å². The molecule has 1 heterocycles.